The van der Waals surface area contributed by atoms with Crippen molar-refractivity contribution in [1.82, 2.24) is 35.1 Å². The van der Waals surface area contributed by atoms with Crippen LogP contribution in [0.5, 0.6) is 0 Å². The number of nitrogens with two attached hydrogens (primary N) is 1. The minimum atomic E-state index is 0.248. The molecule has 0 amide bonds. The molecule has 4 heterocycles. The van der Waals surface area contributed by atoms with Crippen LogP contribution in [0.15, 0.2) is 4.63 Å². The van der Waals surface area contributed by atoms with E-state index < -0.39 is 0 Å². The Labute approximate surface area is 159 Å². The highest BCUT2D eigenvalue weighted by atomic mass is 16.6. The highest BCUT2D eigenvalue weighted by Gasteiger charge is 2.23. The lowest BCUT2D eigenvalue weighted by atomic mass is 10.2. The lowest BCUT2D eigenvalue weighted by molar-refractivity contribution is 0.257. The quantitative estimate of drug-likeness (QED) is 0.847. The molecule has 148 valence electrons. The highest BCUT2D eigenvalue weighted by Crippen LogP contribution is 2.21. The van der Waals surface area contributed by atoms with E-state index in [0.29, 0.717) is 5.82 Å². The van der Waals surface area contributed by atoms with Crippen LogP contribution in [0.4, 0.5) is 5.82 Å². The molecule has 0 bridgehead atoms. The first kappa shape index (κ1) is 18.4. The van der Waals surface area contributed by atoms with E-state index in [2.05, 4.69) is 30.4 Å². The van der Waals surface area contributed by atoms with Gasteiger partial charge in [-0.1, -0.05) is 30.9 Å². The Hall–Kier alpha value is -2.00. The molecule has 0 spiro atoms. The SMILES string of the molecule is Nc1nonc1-n1nnc(CN2CCCCCC2)c1CN1CCCCCC1. The summed E-state index contributed by atoms with van der Waals surface area (Å²) in [4.78, 5) is 5.00. The van der Waals surface area contributed by atoms with Crippen LogP contribution < -0.4 is 5.73 Å². The molecule has 4 rings (SSSR count). The maximum absolute atomic E-state index is 5.93. The van der Waals surface area contributed by atoms with Crippen molar-refractivity contribution < 1.29 is 4.63 Å². The number of likely N-dealkylation sites (tertiary alicyclic amines) is 2. The first-order chi connectivity index (χ1) is 13.3. The summed E-state index contributed by atoms with van der Waals surface area (Å²) in [5.74, 6) is 0.688. The van der Waals surface area contributed by atoms with Crippen LogP contribution in [-0.4, -0.2) is 61.3 Å². The second-order valence-corrected chi connectivity index (χ2v) is 7.75. The Balaban J connectivity index is 1.59. The molecule has 0 atom stereocenters. The van der Waals surface area contributed by atoms with Gasteiger partial charge in [-0.2, -0.15) is 4.68 Å². The molecule has 0 aromatic carbocycles. The van der Waals surface area contributed by atoms with Crippen molar-refractivity contribution >= 4 is 5.82 Å². The van der Waals surface area contributed by atoms with Gasteiger partial charge in [-0.3, -0.25) is 9.80 Å². The van der Waals surface area contributed by atoms with Gasteiger partial charge in [0.15, 0.2) is 0 Å². The summed E-state index contributed by atoms with van der Waals surface area (Å²) in [6, 6.07) is 0. The van der Waals surface area contributed by atoms with Gasteiger partial charge in [-0.15, -0.1) is 5.10 Å². The van der Waals surface area contributed by atoms with Gasteiger partial charge in [0.25, 0.3) is 0 Å². The van der Waals surface area contributed by atoms with Crippen molar-refractivity contribution in [3.8, 4) is 5.82 Å². The summed E-state index contributed by atoms with van der Waals surface area (Å²) in [5, 5.41) is 16.5. The average molecular weight is 374 g/mol. The van der Waals surface area contributed by atoms with Crippen LogP contribution in [0.1, 0.15) is 62.8 Å². The van der Waals surface area contributed by atoms with Crippen molar-refractivity contribution in [2.24, 2.45) is 0 Å². The fourth-order valence-corrected chi connectivity index (χ4v) is 4.13. The lowest BCUT2D eigenvalue weighted by Gasteiger charge is -2.22. The largest absolute Gasteiger partial charge is 0.378 e. The number of rotatable bonds is 5. The van der Waals surface area contributed by atoms with E-state index in [9.17, 15) is 0 Å². The van der Waals surface area contributed by atoms with Gasteiger partial charge >= 0.3 is 0 Å². The third-order valence-corrected chi connectivity index (χ3v) is 5.68. The van der Waals surface area contributed by atoms with Gasteiger partial charge in [0, 0.05) is 13.1 Å². The number of hydrogen-bond donors (Lipinski definition) is 1. The van der Waals surface area contributed by atoms with Gasteiger partial charge in [0.2, 0.25) is 11.6 Å². The van der Waals surface area contributed by atoms with E-state index in [1.807, 2.05) is 0 Å². The monoisotopic (exact) mass is 374 g/mol. The van der Waals surface area contributed by atoms with Gasteiger partial charge in [0.1, 0.15) is 5.69 Å². The van der Waals surface area contributed by atoms with Gasteiger partial charge in [-0.25, -0.2) is 4.63 Å². The van der Waals surface area contributed by atoms with E-state index >= 15 is 0 Å². The van der Waals surface area contributed by atoms with Crippen LogP contribution >= 0.6 is 0 Å². The summed E-state index contributed by atoms with van der Waals surface area (Å²) in [6.07, 6.45) is 10.3. The molecule has 0 unspecified atom stereocenters. The predicted octanol–water partition coefficient (Wildman–Crippen LogP) is 1.98. The second-order valence-electron chi connectivity index (χ2n) is 7.75. The summed E-state index contributed by atoms with van der Waals surface area (Å²) in [5.41, 5.74) is 8.01. The number of nitrogen functional groups attached to an aromatic ring is 1. The van der Waals surface area contributed by atoms with E-state index in [0.717, 1.165) is 50.7 Å². The fraction of sp³-hybridized carbons (Fsp3) is 0.778. The van der Waals surface area contributed by atoms with E-state index in [1.54, 1.807) is 4.68 Å². The topological polar surface area (TPSA) is 102 Å². The Morgan fingerprint density at radius 2 is 1.37 bits per heavy atom. The number of anilines is 1. The number of hydrogen-bond acceptors (Lipinski definition) is 8. The van der Waals surface area contributed by atoms with Crippen molar-refractivity contribution in [1.29, 1.82) is 0 Å². The van der Waals surface area contributed by atoms with Gasteiger partial charge < -0.3 is 5.73 Å². The van der Waals surface area contributed by atoms with Crippen LogP contribution in [0.3, 0.4) is 0 Å². The van der Waals surface area contributed by atoms with Crippen molar-refractivity contribution in [3.05, 3.63) is 11.4 Å². The summed E-state index contributed by atoms with van der Waals surface area (Å²) < 4.78 is 6.53. The zero-order chi connectivity index (χ0) is 18.5. The molecule has 9 heteroatoms. The van der Waals surface area contributed by atoms with Crippen molar-refractivity contribution in [2.45, 2.75) is 64.5 Å². The first-order valence-electron chi connectivity index (χ1n) is 10.3. The van der Waals surface area contributed by atoms with E-state index in [-0.39, 0.29) is 5.82 Å². The molecule has 2 saturated heterocycles. The van der Waals surface area contributed by atoms with Crippen LogP contribution in [0, 0.1) is 0 Å². The summed E-state index contributed by atoms with van der Waals surface area (Å²) in [7, 11) is 0. The third kappa shape index (κ3) is 4.47. The lowest BCUT2D eigenvalue weighted by Crippen LogP contribution is -2.28. The van der Waals surface area contributed by atoms with Gasteiger partial charge in [0.05, 0.1) is 5.69 Å². The zero-order valence-electron chi connectivity index (χ0n) is 16.0. The predicted molar refractivity (Wildman–Crippen MR) is 101 cm³/mol. The molecule has 0 saturated carbocycles. The first-order valence-corrected chi connectivity index (χ1v) is 10.3. The van der Waals surface area contributed by atoms with Crippen molar-refractivity contribution in [3.63, 3.8) is 0 Å². The molecule has 0 aliphatic carbocycles. The molecular weight excluding hydrogens is 344 g/mol. The fourth-order valence-electron chi connectivity index (χ4n) is 4.13. The van der Waals surface area contributed by atoms with Crippen LogP contribution in [0.25, 0.3) is 5.82 Å². The molecule has 2 aliphatic heterocycles. The molecule has 0 radical (unpaired) electrons. The molecule has 2 aromatic rings. The Kier molecular flexibility index (Phi) is 5.98. The summed E-state index contributed by atoms with van der Waals surface area (Å²) in [6.45, 7) is 6.12. The highest BCUT2D eigenvalue weighted by molar-refractivity contribution is 5.44. The molecule has 2 N–H and O–H groups in total. The third-order valence-electron chi connectivity index (χ3n) is 5.68. The zero-order valence-corrected chi connectivity index (χ0v) is 16.0. The molecule has 9 nitrogen and oxygen atoms in total. The standard InChI is InChI=1S/C18H30N8O/c19-17-18(22-27-21-17)26-16(14-25-11-7-3-4-8-12-25)15(20-23-26)13-24-9-5-1-2-6-10-24/h1-14H2,(H2,19,21). The van der Waals surface area contributed by atoms with Crippen LogP contribution in [0.2, 0.25) is 0 Å². The normalized spacial score (nSPS) is 20.4. The minimum Gasteiger partial charge on any atom is -0.378 e. The molecule has 2 aromatic heterocycles. The minimum absolute atomic E-state index is 0.248. The van der Waals surface area contributed by atoms with E-state index in [4.69, 9.17) is 10.4 Å². The average Bonchev–Trinajstić information content (AvgIpc) is 3.03. The maximum Gasteiger partial charge on any atom is 0.243 e. The smallest absolute Gasteiger partial charge is 0.243 e. The number of nitrogens with zero attached hydrogens (tertiary/aromatic N) is 7. The second kappa shape index (κ2) is 8.79. The Morgan fingerprint density at radius 3 is 1.93 bits per heavy atom. The Bertz CT molecular complexity index is 711. The van der Waals surface area contributed by atoms with E-state index in [1.165, 1.54) is 51.4 Å². The van der Waals surface area contributed by atoms with Crippen LogP contribution in [-0.2, 0) is 13.1 Å². The Morgan fingerprint density at radius 1 is 0.778 bits per heavy atom. The molecule has 27 heavy (non-hydrogen) atoms. The molecular formula is C18H30N8O. The maximum atomic E-state index is 5.93. The van der Waals surface area contributed by atoms with Crippen molar-refractivity contribution in [2.75, 3.05) is 31.9 Å². The molecule has 2 fully saturated rings. The summed E-state index contributed by atoms with van der Waals surface area (Å²) >= 11 is 0. The van der Waals surface area contributed by atoms with Gasteiger partial charge in [-0.05, 0) is 62.2 Å². The number of aromatic nitrogens is 5. The molecule has 2 aliphatic rings.